The zero-order valence-corrected chi connectivity index (χ0v) is 9.36. The Kier molecular flexibility index (Phi) is 2.83. The normalized spacial score (nSPS) is 10.7. The van der Waals surface area contributed by atoms with Gasteiger partial charge in [-0.2, -0.15) is 0 Å². The summed E-state index contributed by atoms with van der Waals surface area (Å²) < 4.78 is 13.2. The van der Waals surface area contributed by atoms with E-state index in [4.69, 9.17) is 11.6 Å². The molecule has 0 saturated heterocycles. The van der Waals surface area contributed by atoms with Gasteiger partial charge in [-0.25, -0.2) is 4.39 Å². The monoisotopic (exact) mass is 240 g/mol. The molecule has 0 spiro atoms. The fourth-order valence-corrected chi connectivity index (χ4v) is 1.67. The summed E-state index contributed by atoms with van der Waals surface area (Å²) in [5, 5.41) is 3.32. The smallest absolute Gasteiger partial charge is 0.267 e. The third kappa shape index (κ3) is 1.88. The highest BCUT2D eigenvalue weighted by Gasteiger charge is 2.10. The van der Waals surface area contributed by atoms with Crippen molar-refractivity contribution in [2.75, 3.05) is 6.54 Å². The average molecular weight is 241 g/mol. The minimum absolute atomic E-state index is 0.0387. The Morgan fingerprint density at radius 2 is 2.25 bits per heavy atom. The molecule has 1 aromatic heterocycles. The van der Waals surface area contributed by atoms with E-state index in [0.29, 0.717) is 23.1 Å². The lowest BCUT2D eigenvalue weighted by Gasteiger charge is -1.97. The summed E-state index contributed by atoms with van der Waals surface area (Å²) in [6, 6.07) is 4.37. The quantitative estimate of drug-likeness (QED) is 0.833. The molecule has 2 N–H and O–H groups in total. The molecular formula is C11H10ClFN2O. The molecule has 0 aliphatic carbocycles. The van der Waals surface area contributed by atoms with E-state index in [1.807, 2.05) is 6.92 Å². The van der Waals surface area contributed by atoms with Crippen LogP contribution in [-0.2, 0) is 0 Å². The van der Waals surface area contributed by atoms with Gasteiger partial charge in [-0.3, -0.25) is 4.79 Å². The Bertz CT molecular complexity index is 511. The van der Waals surface area contributed by atoms with Crippen LogP contribution in [-0.4, -0.2) is 17.4 Å². The molecule has 0 unspecified atom stereocenters. The van der Waals surface area contributed by atoms with Crippen molar-refractivity contribution in [3.8, 4) is 0 Å². The molecule has 1 amide bonds. The summed E-state index contributed by atoms with van der Waals surface area (Å²) in [7, 11) is 0. The van der Waals surface area contributed by atoms with Crippen LogP contribution in [0, 0.1) is 5.82 Å². The number of hydrogen-bond donors (Lipinski definition) is 2. The molecule has 84 valence electrons. The molecule has 0 atom stereocenters. The minimum Gasteiger partial charge on any atom is -0.351 e. The van der Waals surface area contributed by atoms with E-state index < -0.39 is 5.82 Å². The van der Waals surface area contributed by atoms with Crippen molar-refractivity contribution in [1.82, 2.24) is 10.3 Å². The number of carbonyl (C=O) groups is 1. The Hall–Kier alpha value is -1.55. The van der Waals surface area contributed by atoms with Crippen LogP contribution in [0.2, 0.25) is 5.02 Å². The van der Waals surface area contributed by atoms with Gasteiger partial charge in [0.15, 0.2) is 0 Å². The van der Waals surface area contributed by atoms with Gasteiger partial charge in [0.05, 0.1) is 5.02 Å². The second-order valence-corrected chi connectivity index (χ2v) is 3.80. The zero-order valence-electron chi connectivity index (χ0n) is 8.60. The summed E-state index contributed by atoms with van der Waals surface area (Å²) in [5.41, 5.74) is 1.05. The first-order chi connectivity index (χ1) is 7.61. The topological polar surface area (TPSA) is 44.9 Å². The summed E-state index contributed by atoms with van der Waals surface area (Å²) in [4.78, 5) is 14.4. The third-order valence-corrected chi connectivity index (χ3v) is 2.53. The lowest BCUT2D eigenvalue weighted by atomic mass is 10.2. The molecule has 2 rings (SSSR count). The largest absolute Gasteiger partial charge is 0.351 e. The van der Waals surface area contributed by atoms with Crippen molar-refractivity contribution in [2.24, 2.45) is 0 Å². The van der Waals surface area contributed by atoms with Crippen LogP contribution in [0.3, 0.4) is 0 Å². The first-order valence-corrected chi connectivity index (χ1v) is 5.25. The first kappa shape index (κ1) is 11.0. The molecule has 0 fully saturated rings. The average Bonchev–Trinajstić information content (AvgIpc) is 2.62. The standard InChI is InChI=1S/C11H10ClFN2O/c1-2-14-11(16)10-4-6-3-8(13)7(12)5-9(6)15-10/h3-5,15H,2H2,1H3,(H,14,16). The van der Waals surface area contributed by atoms with Crippen molar-refractivity contribution in [3.05, 3.63) is 34.7 Å². The van der Waals surface area contributed by atoms with Crippen molar-refractivity contribution in [3.63, 3.8) is 0 Å². The number of fused-ring (bicyclic) bond motifs is 1. The van der Waals surface area contributed by atoms with Crippen LogP contribution >= 0.6 is 11.6 Å². The molecule has 1 aromatic carbocycles. The fourth-order valence-electron chi connectivity index (χ4n) is 1.50. The first-order valence-electron chi connectivity index (χ1n) is 4.87. The van der Waals surface area contributed by atoms with E-state index in [0.717, 1.165) is 0 Å². The Morgan fingerprint density at radius 1 is 1.50 bits per heavy atom. The summed E-state index contributed by atoms with van der Waals surface area (Å²) in [6.07, 6.45) is 0. The maximum Gasteiger partial charge on any atom is 0.267 e. The van der Waals surface area contributed by atoms with Crippen LogP contribution in [0.15, 0.2) is 18.2 Å². The highest BCUT2D eigenvalue weighted by molar-refractivity contribution is 6.31. The van der Waals surface area contributed by atoms with E-state index in [-0.39, 0.29) is 10.9 Å². The lowest BCUT2D eigenvalue weighted by Crippen LogP contribution is -2.22. The molecule has 5 heteroatoms. The number of aromatic amines is 1. The highest BCUT2D eigenvalue weighted by atomic mass is 35.5. The second-order valence-electron chi connectivity index (χ2n) is 3.40. The second kappa shape index (κ2) is 4.14. The van der Waals surface area contributed by atoms with Gasteiger partial charge in [0, 0.05) is 17.4 Å². The van der Waals surface area contributed by atoms with Crippen molar-refractivity contribution < 1.29 is 9.18 Å². The number of carbonyl (C=O) groups excluding carboxylic acids is 1. The molecule has 0 aliphatic rings. The zero-order chi connectivity index (χ0) is 11.7. The Labute approximate surface area is 96.6 Å². The predicted molar refractivity (Wildman–Crippen MR) is 61.3 cm³/mol. The van der Waals surface area contributed by atoms with Crippen LogP contribution in [0.25, 0.3) is 10.9 Å². The van der Waals surface area contributed by atoms with Gasteiger partial charge in [-0.05, 0) is 25.1 Å². The van der Waals surface area contributed by atoms with Gasteiger partial charge in [0.1, 0.15) is 11.5 Å². The van der Waals surface area contributed by atoms with Crippen molar-refractivity contribution in [2.45, 2.75) is 6.92 Å². The van der Waals surface area contributed by atoms with Crippen LogP contribution in [0.5, 0.6) is 0 Å². The van der Waals surface area contributed by atoms with Gasteiger partial charge in [0.25, 0.3) is 5.91 Å². The summed E-state index contributed by atoms with van der Waals surface area (Å²) >= 11 is 5.64. The van der Waals surface area contributed by atoms with Gasteiger partial charge >= 0.3 is 0 Å². The molecule has 0 bridgehead atoms. The van der Waals surface area contributed by atoms with E-state index in [1.165, 1.54) is 12.1 Å². The molecule has 0 saturated carbocycles. The minimum atomic E-state index is -0.490. The van der Waals surface area contributed by atoms with Crippen molar-refractivity contribution in [1.29, 1.82) is 0 Å². The van der Waals surface area contributed by atoms with Gasteiger partial charge in [-0.1, -0.05) is 11.6 Å². The van der Waals surface area contributed by atoms with Gasteiger partial charge in [-0.15, -0.1) is 0 Å². The number of rotatable bonds is 2. The van der Waals surface area contributed by atoms with E-state index in [2.05, 4.69) is 10.3 Å². The number of halogens is 2. The third-order valence-electron chi connectivity index (χ3n) is 2.24. The predicted octanol–water partition coefficient (Wildman–Crippen LogP) is 2.71. The van der Waals surface area contributed by atoms with Crippen LogP contribution in [0.1, 0.15) is 17.4 Å². The fraction of sp³-hybridized carbons (Fsp3) is 0.182. The molecule has 0 aliphatic heterocycles. The summed E-state index contributed by atoms with van der Waals surface area (Å²) in [6.45, 7) is 2.38. The number of aromatic nitrogens is 1. The molecule has 1 heterocycles. The molecule has 2 aromatic rings. The molecular weight excluding hydrogens is 231 g/mol. The molecule has 3 nitrogen and oxygen atoms in total. The van der Waals surface area contributed by atoms with Crippen molar-refractivity contribution >= 4 is 28.4 Å². The number of benzene rings is 1. The lowest BCUT2D eigenvalue weighted by molar-refractivity contribution is 0.0951. The SMILES string of the molecule is CCNC(=O)c1cc2cc(F)c(Cl)cc2[nH]1. The van der Waals surface area contributed by atoms with E-state index >= 15 is 0 Å². The maximum atomic E-state index is 13.2. The highest BCUT2D eigenvalue weighted by Crippen LogP contribution is 2.23. The van der Waals surface area contributed by atoms with Gasteiger partial charge in [0.2, 0.25) is 0 Å². The number of nitrogens with one attached hydrogen (secondary N) is 2. The Morgan fingerprint density at radius 3 is 2.94 bits per heavy atom. The van der Waals surface area contributed by atoms with Crippen LogP contribution < -0.4 is 5.32 Å². The van der Waals surface area contributed by atoms with E-state index in [1.54, 1.807) is 6.07 Å². The number of hydrogen-bond acceptors (Lipinski definition) is 1. The van der Waals surface area contributed by atoms with Gasteiger partial charge < -0.3 is 10.3 Å². The molecule has 0 radical (unpaired) electrons. The Balaban J connectivity index is 2.48. The van der Waals surface area contributed by atoms with Crippen LogP contribution in [0.4, 0.5) is 4.39 Å². The molecule has 16 heavy (non-hydrogen) atoms. The summed E-state index contributed by atoms with van der Waals surface area (Å²) in [5.74, 6) is -0.703. The number of amides is 1. The number of H-pyrrole nitrogens is 1. The maximum absolute atomic E-state index is 13.2. The van der Waals surface area contributed by atoms with E-state index in [9.17, 15) is 9.18 Å².